The lowest BCUT2D eigenvalue weighted by Gasteiger charge is -2.14. The molecule has 0 saturated heterocycles. The van der Waals surface area contributed by atoms with Gasteiger partial charge in [0.2, 0.25) is 0 Å². The van der Waals surface area contributed by atoms with Gasteiger partial charge in [0.1, 0.15) is 18.2 Å². The molecule has 2 aromatic heterocycles. The second-order valence-corrected chi connectivity index (χ2v) is 8.47. The van der Waals surface area contributed by atoms with Crippen LogP contribution in [-0.2, 0) is 0 Å². The van der Waals surface area contributed by atoms with Crippen LogP contribution in [0.4, 0.5) is 5.82 Å². The van der Waals surface area contributed by atoms with Crippen molar-refractivity contribution in [2.75, 3.05) is 18.1 Å². The van der Waals surface area contributed by atoms with E-state index in [0.717, 1.165) is 12.2 Å². The number of anilines is 1. The first-order chi connectivity index (χ1) is 13.0. The highest BCUT2D eigenvalue weighted by molar-refractivity contribution is 7.99. The lowest BCUT2D eigenvalue weighted by molar-refractivity contribution is 0.0524. The zero-order valence-corrected chi connectivity index (χ0v) is 16.1. The number of nitrogens with zero attached hydrogens (tertiary/aromatic N) is 4. The number of thioether (sulfide) groups is 1. The average molecular weight is 391 g/mol. The molecule has 0 amide bonds. The quantitative estimate of drug-likeness (QED) is 0.306. The van der Waals surface area contributed by atoms with Crippen LogP contribution in [0.3, 0.4) is 0 Å². The molecule has 2 aliphatic carbocycles. The van der Waals surface area contributed by atoms with E-state index < -0.39 is 11.5 Å². The molecule has 4 rings (SSSR count). The second-order valence-electron chi connectivity index (χ2n) is 7.41. The number of nitrogens with two attached hydrogens (primary N) is 1. The van der Waals surface area contributed by atoms with Crippen molar-refractivity contribution in [3.63, 3.8) is 0 Å². The highest BCUT2D eigenvalue weighted by atomic mass is 32.2. The van der Waals surface area contributed by atoms with E-state index in [2.05, 4.69) is 21.9 Å². The normalized spacial score (nSPS) is 26.8. The van der Waals surface area contributed by atoms with E-state index in [1.54, 1.807) is 22.7 Å². The molecule has 3 atom stereocenters. The first-order valence-corrected chi connectivity index (χ1v) is 10.4. The third kappa shape index (κ3) is 2.88. The summed E-state index contributed by atoms with van der Waals surface area (Å²) >= 11 is 1.56. The standard InChI is InChI=1S/C18H25N5O3S/c1-2-3-4-5-6-27-17-21-15(19)11-16(22-17)23(9-20-11)12-10-7-18(10,8-24)14(26)13(12)25/h9-10,14,24-26H,2-8H2,1H3,(H2,19,21,22)/t10-,14?,18+/m1/s1. The van der Waals surface area contributed by atoms with E-state index in [-0.39, 0.29) is 18.3 Å². The fraction of sp³-hybridized carbons (Fsp3) is 0.611. The number of hydrogen-bond donors (Lipinski definition) is 4. The summed E-state index contributed by atoms with van der Waals surface area (Å²) in [5.41, 5.74) is 6.94. The van der Waals surface area contributed by atoms with Gasteiger partial charge in [-0.3, -0.25) is 4.57 Å². The molecule has 8 nitrogen and oxygen atoms in total. The number of allylic oxidation sites excluding steroid dienone is 1. The Bertz CT molecular complexity index is 898. The Kier molecular flexibility index (Phi) is 4.77. The molecule has 0 radical (unpaired) electrons. The molecule has 2 heterocycles. The van der Waals surface area contributed by atoms with Gasteiger partial charge in [-0.1, -0.05) is 37.9 Å². The molecule has 5 N–H and O–H groups in total. The second kappa shape index (κ2) is 6.96. The fourth-order valence-corrected chi connectivity index (χ4v) is 4.81. The Labute approximate surface area is 161 Å². The van der Waals surface area contributed by atoms with E-state index in [4.69, 9.17) is 5.73 Å². The van der Waals surface area contributed by atoms with Crippen LogP contribution in [0, 0.1) is 11.3 Å². The summed E-state index contributed by atoms with van der Waals surface area (Å²) in [5.74, 6) is 0.988. The van der Waals surface area contributed by atoms with Crippen molar-refractivity contribution in [2.24, 2.45) is 11.3 Å². The van der Waals surface area contributed by atoms with Crippen molar-refractivity contribution in [1.29, 1.82) is 0 Å². The molecular formula is C18H25N5O3S. The van der Waals surface area contributed by atoms with E-state index in [9.17, 15) is 15.3 Å². The number of fused-ring (bicyclic) bond motifs is 2. The number of rotatable bonds is 8. The lowest BCUT2D eigenvalue weighted by Crippen LogP contribution is -2.25. The predicted molar refractivity (Wildman–Crippen MR) is 104 cm³/mol. The molecule has 0 bridgehead atoms. The molecule has 2 aromatic rings. The molecule has 27 heavy (non-hydrogen) atoms. The van der Waals surface area contributed by atoms with Crippen LogP contribution in [0.2, 0.25) is 0 Å². The summed E-state index contributed by atoms with van der Waals surface area (Å²) in [6, 6.07) is 0. The van der Waals surface area contributed by atoms with Gasteiger partial charge in [-0.15, -0.1) is 0 Å². The van der Waals surface area contributed by atoms with Gasteiger partial charge >= 0.3 is 0 Å². The molecule has 0 aliphatic heterocycles. The third-order valence-corrected chi connectivity index (χ3v) is 6.63. The summed E-state index contributed by atoms with van der Waals surface area (Å²) in [7, 11) is 0. The maximum absolute atomic E-state index is 10.4. The van der Waals surface area contributed by atoms with Gasteiger partial charge in [-0.25, -0.2) is 15.0 Å². The summed E-state index contributed by atoms with van der Waals surface area (Å²) in [6.45, 7) is 2.01. The number of unbranched alkanes of at least 4 members (excludes halogenated alkanes) is 3. The van der Waals surface area contributed by atoms with Crippen LogP contribution in [0.1, 0.15) is 39.0 Å². The highest BCUT2D eigenvalue weighted by Crippen LogP contribution is 2.66. The number of nitrogen functional groups attached to an aromatic ring is 1. The first kappa shape index (κ1) is 18.5. The molecule has 1 unspecified atom stereocenters. The smallest absolute Gasteiger partial charge is 0.191 e. The van der Waals surface area contributed by atoms with Gasteiger partial charge in [0.15, 0.2) is 22.1 Å². The monoisotopic (exact) mass is 391 g/mol. The Morgan fingerprint density at radius 2 is 2.15 bits per heavy atom. The number of imidazole rings is 1. The minimum absolute atomic E-state index is 0.115. The van der Waals surface area contributed by atoms with E-state index >= 15 is 0 Å². The Balaban J connectivity index is 1.63. The maximum Gasteiger partial charge on any atom is 0.191 e. The molecule has 9 heteroatoms. The van der Waals surface area contributed by atoms with Crippen LogP contribution in [-0.4, -0.2) is 53.3 Å². The summed E-state index contributed by atoms with van der Waals surface area (Å²) in [5, 5.41) is 31.0. The molecule has 146 valence electrons. The van der Waals surface area contributed by atoms with Crippen LogP contribution < -0.4 is 5.73 Å². The van der Waals surface area contributed by atoms with Gasteiger partial charge in [-0.05, 0) is 12.8 Å². The molecule has 0 aromatic carbocycles. The molecular weight excluding hydrogens is 366 g/mol. The number of hydrogen-bond acceptors (Lipinski definition) is 8. The zero-order valence-electron chi connectivity index (χ0n) is 15.3. The van der Waals surface area contributed by atoms with Crippen molar-refractivity contribution < 1.29 is 15.3 Å². The highest BCUT2D eigenvalue weighted by Gasteiger charge is 2.67. The summed E-state index contributed by atoms with van der Waals surface area (Å²) in [6.07, 6.45) is 5.81. The zero-order chi connectivity index (χ0) is 19.2. The minimum atomic E-state index is -1.06. The molecule has 2 aliphatic rings. The van der Waals surface area contributed by atoms with Gasteiger partial charge in [0.25, 0.3) is 0 Å². The van der Waals surface area contributed by atoms with Gasteiger partial charge in [0, 0.05) is 17.1 Å². The number of aliphatic hydroxyl groups excluding tert-OH is 3. The Morgan fingerprint density at radius 1 is 1.33 bits per heavy atom. The topological polar surface area (TPSA) is 130 Å². The predicted octanol–water partition coefficient (Wildman–Crippen LogP) is 2.18. The van der Waals surface area contributed by atoms with Crippen molar-refractivity contribution >= 4 is 34.4 Å². The minimum Gasteiger partial charge on any atom is -0.508 e. The van der Waals surface area contributed by atoms with Crippen LogP contribution in [0.5, 0.6) is 0 Å². The third-order valence-electron chi connectivity index (χ3n) is 5.70. The van der Waals surface area contributed by atoms with E-state index in [1.807, 2.05) is 0 Å². The Morgan fingerprint density at radius 3 is 2.85 bits per heavy atom. The van der Waals surface area contributed by atoms with Crippen LogP contribution in [0.15, 0.2) is 17.2 Å². The van der Waals surface area contributed by atoms with Crippen molar-refractivity contribution in [3.8, 4) is 0 Å². The van der Waals surface area contributed by atoms with Crippen molar-refractivity contribution in [2.45, 2.75) is 50.3 Å². The van der Waals surface area contributed by atoms with Crippen LogP contribution in [0.25, 0.3) is 16.9 Å². The summed E-state index contributed by atoms with van der Waals surface area (Å²) in [4.78, 5) is 13.2. The number of aliphatic hydroxyl groups is 3. The Hall–Kier alpha value is -1.84. The fourth-order valence-electron chi connectivity index (χ4n) is 3.97. The van der Waals surface area contributed by atoms with Crippen LogP contribution >= 0.6 is 11.8 Å². The first-order valence-electron chi connectivity index (χ1n) is 9.39. The van der Waals surface area contributed by atoms with Crippen molar-refractivity contribution in [3.05, 3.63) is 12.1 Å². The van der Waals surface area contributed by atoms with E-state index in [0.29, 0.717) is 34.3 Å². The lowest BCUT2D eigenvalue weighted by atomic mass is 10.0. The maximum atomic E-state index is 10.4. The SMILES string of the molecule is CCCCCCSc1nc(N)c2ncn(C3=C(O)C(O)[C@]4(CO)C[C@H]34)c2n1. The van der Waals surface area contributed by atoms with Crippen molar-refractivity contribution in [1.82, 2.24) is 19.5 Å². The number of aromatic nitrogens is 4. The molecule has 1 fully saturated rings. The van der Waals surface area contributed by atoms with E-state index in [1.165, 1.54) is 19.3 Å². The van der Waals surface area contributed by atoms with Gasteiger partial charge in [-0.2, -0.15) is 0 Å². The molecule has 1 saturated carbocycles. The molecule has 0 spiro atoms. The van der Waals surface area contributed by atoms with Gasteiger partial charge < -0.3 is 21.1 Å². The summed E-state index contributed by atoms with van der Waals surface area (Å²) < 4.78 is 1.68. The largest absolute Gasteiger partial charge is 0.508 e. The van der Waals surface area contributed by atoms with Gasteiger partial charge in [0.05, 0.1) is 12.3 Å². The average Bonchev–Trinajstić information content (AvgIpc) is 3.17.